The van der Waals surface area contributed by atoms with Gasteiger partial charge in [0.2, 0.25) is 0 Å². The third kappa shape index (κ3) is 4.51. The van der Waals surface area contributed by atoms with Gasteiger partial charge in [-0.3, -0.25) is 0 Å². The van der Waals surface area contributed by atoms with Crippen molar-refractivity contribution in [3.8, 4) is 5.75 Å². The highest BCUT2D eigenvalue weighted by Gasteiger charge is 2.24. The zero-order chi connectivity index (χ0) is 17.6. The van der Waals surface area contributed by atoms with E-state index in [1.165, 1.54) is 10.5 Å². The van der Waals surface area contributed by atoms with E-state index in [4.69, 9.17) is 4.74 Å². The van der Waals surface area contributed by atoms with Crippen LogP contribution in [0.15, 0.2) is 48.5 Å². The van der Waals surface area contributed by atoms with Gasteiger partial charge in [-0.1, -0.05) is 30.3 Å². The molecule has 3 rings (SSSR count). The van der Waals surface area contributed by atoms with Crippen molar-refractivity contribution in [3.05, 3.63) is 59.7 Å². The summed E-state index contributed by atoms with van der Waals surface area (Å²) < 4.78 is 5.29. The molecule has 1 aliphatic rings. The number of rotatable bonds is 4. The molecule has 1 fully saturated rings. The SMILES string of the molecule is COc1cccc(C[NH+]2CCN(C(=O)Nc3ccccc3C)CC2)c1. The Morgan fingerprint density at radius 3 is 2.64 bits per heavy atom. The summed E-state index contributed by atoms with van der Waals surface area (Å²) in [5, 5.41) is 3.02. The second-order valence-electron chi connectivity index (χ2n) is 6.51. The lowest BCUT2D eigenvalue weighted by Gasteiger charge is -2.32. The number of quaternary nitrogens is 1. The number of methoxy groups -OCH3 is 1. The molecule has 0 spiro atoms. The minimum atomic E-state index is -0.00488. The molecule has 1 aliphatic heterocycles. The Morgan fingerprint density at radius 1 is 1.16 bits per heavy atom. The van der Waals surface area contributed by atoms with E-state index in [0.717, 1.165) is 49.7 Å². The summed E-state index contributed by atoms with van der Waals surface area (Å²) in [6, 6.07) is 16.1. The largest absolute Gasteiger partial charge is 0.497 e. The Balaban J connectivity index is 1.51. The molecule has 0 bridgehead atoms. The van der Waals surface area contributed by atoms with Gasteiger partial charge in [-0.25, -0.2) is 4.79 Å². The average Bonchev–Trinajstić information content (AvgIpc) is 2.64. The summed E-state index contributed by atoms with van der Waals surface area (Å²) in [6.45, 7) is 6.43. The normalized spacial score (nSPS) is 15.0. The number of carbonyl (C=O) groups excluding carboxylic acids is 1. The number of amides is 2. The molecule has 2 amide bonds. The van der Waals surface area contributed by atoms with Crippen molar-refractivity contribution in [3.63, 3.8) is 0 Å². The maximum atomic E-state index is 12.5. The second-order valence-corrected chi connectivity index (χ2v) is 6.51. The van der Waals surface area contributed by atoms with Crippen LogP contribution in [0.5, 0.6) is 5.75 Å². The van der Waals surface area contributed by atoms with Gasteiger partial charge in [-0.15, -0.1) is 0 Å². The molecule has 0 atom stereocenters. The fourth-order valence-corrected chi connectivity index (χ4v) is 3.18. The molecule has 5 heteroatoms. The first kappa shape index (κ1) is 17.3. The first-order chi connectivity index (χ1) is 12.2. The smallest absolute Gasteiger partial charge is 0.322 e. The van der Waals surface area contributed by atoms with Gasteiger partial charge in [0.05, 0.1) is 33.3 Å². The summed E-state index contributed by atoms with van der Waals surface area (Å²) in [5.41, 5.74) is 3.24. The lowest BCUT2D eigenvalue weighted by Crippen LogP contribution is -3.13. The molecule has 5 nitrogen and oxygen atoms in total. The molecular formula is C20H26N3O2+. The number of urea groups is 1. The van der Waals surface area contributed by atoms with Crippen LogP contribution in [0, 0.1) is 6.92 Å². The number of nitrogens with zero attached hydrogens (tertiary/aromatic N) is 1. The Hall–Kier alpha value is -2.53. The summed E-state index contributed by atoms with van der Waals surface area (Å²) in [7, 11) is 1.69. The van der Waals surface area contributed by atoms with Crippen LogP contribution in [0.3, 0.4) is 0 Å². The zero-order valence-electron chi connectivity index (χ0n) is 14.9. The lowest BCUT2D eigenvalue weighted by molar-refractivity contribution is -0.917. The van der Waals surface area contributed by atoms with Gasteiger partial charge >= 0.3 is 6.03 Å². The van der Waals surface area contributed by atoms with Crippen LogP contribution in [-0.2, 0) is 6.54 Å². The van der Waals surface area contributed by atoms with E-state index in [-0.39, 0.29) is 6.03 Å². The number of piperazine rings is 1. The number of hydrogen-bond donors (Lipinski definition) is 2. The Labute approximate surface area is 149 Å². The summed E-state index contributed by atoms with van der Waals surface area (Å²) in [6.07, 6.45) is 0. The quantitative estimate of drug-likeness (QED) is 0.893. The van der Waals surface area contributed by atoms with Gasteiger partial charge in [0.25, 0.3) is 0 Å². The minimum absolute atomic E-state index is 0.00488. The highest BCUT2D eigenvalue weighted by Crippen LogP contribution is 2.14. The van der Waals surface area contributed by atoms with Gasteiger partial charge in [-0.05, 0) is 30.7 Å². The zero-order valence-corrected chi connectivity index (χ0v) is 14.9. The van der Waals surface area contributed by atoms with Crippen molar-refractivity contribution in [2.45, 2.75) is 13.5 Å². The number of anilines is 1. The Morgan fingerprint density at radius 2 is 1.92 bits per heavy atom. The number of hydrogen-bond acceptors (Lipinski definition) is 2. The molecule has 1 heterocycles. The summed E-state index contributed by atoms with van der Waals surface area (Å²) in [5.74, 6) is 0.896. The fourth-order valence-electron chi connectivity index (χ4n) is 3.18. The van der Waals surface area contributed by atoms with Crippen molar-refractivity contribution in [1.82, 2.24) is 4.90 Å². The molecule has 0 unspecified atom stereocenters. The van der Waals surface area contributed by atoms with Gasteiger partial charge in [0.1, 0.15) is 12.3 Å². The summed E-state index contributed by atoms with van der Waals surface area (Å²) in [4.78, 5) is 15.9. The van der Waals surface area contributed by atoms with E-state index >= 15 is 0 Å². The van der Waals surface area contributed by atoms with Gasteiger partial charge in [-0.2, -0.15) is 0 Å². The van der Waals surface area contributed by atoms with Crippen molar-refractivity contribution >= 4 is 11.7 Å². The second kappa shape index (κ2) is 8.03. The summed E-state index contributed by atoms with van der Waals surface area (Å²) >= 11 is 0. The molecule has 0 saturated carbocycles. The molecular weight excluding hydrogens is 314 g/mol. The number of ether oxygens (including phenoxy) is 1. The van der Waals surface area contributed by atoms with Crippen molar-refractivity contribution in [2.24, 2.45) is 0 Å². The first-order valence-electron chi connectivity index (χ1n) is 8.74. The average molecular weight is 340 g/mol. The van der Waals surface area contributed by atoms with Crippen LogP contribution in [0.1, 0.15) is 11.1 Å². The monoisotopic (exact) mass is 340 g/mol. The molecule has 1 saturated heterocycles. The molecule has 132 valence electrons. The van der Waals surface area contributed by atoms with Crippen LogP contribution in [0.2, 0.25) is 0 Å². The van der Waals surface area contributed by atoms with E-state index in [2.05, 4.69) is 17.4 Å². The maximum absolute atomic E-state index is 12.5. The van der Waals surface area contributed by atoms with Gasteiger partial charge in [0, 0.05) is 11.3 Å². The molecule has 0 radical (unpaired) electrons. The van der Waals surface area contributed by atoms with Crippen LogP contribution >= 0.6 is 0 Å². The van der Waals surface area contributed by atoms with E-state index in [1.54, 1.807) is 7.11 Å². The third-order valence-electron chi connectivity index (χ3n) is 4.73. The third-order valence-corrected chi connectivity index (χ3v) is 4.73. The Kier molecular flexibility index (Phi) is 5.56. The van der Waals surface area contributed by atoms with E-state index in [1.807, 2.05) is 48.2 Å². The van der Waals surface area contributed by atoms with Gasteiger partial charge < -0.3 is 19.9 Å². The van der Waals surface area contributed by atoms with Crippen molar-refractivity contribution in [2.75, 3.05) is 38.6 Å². The molecule has 25 heavy (non-hydrogen) atoms. The standard InChI is InChI=1S/C20H25N3O2/c1-16-6-3-4-9-19(16)21-20(24)23-12-10-22(11-13-23)15-17-7-5-8-18(14-17)25-2/h3-9,14H,10-13,15H2,1-2H3,(H,21,24)/p+1. The molecule has 0 aliphatic carbocycles. The number of carbonyl (C=O) groups is 1. The highest BCUT2D eigenvalue weighted by atomic mass is 16.5. The van der Waals surface area contributed by atoms with Crippen molar-refractivity contribution < 1.29 is 14.4 Å². The van der Waals surface area contributed by atoms with Crippen LogP contribution in [0.25, 0.3) is 0 Å². The minimum Gasteiger partial charge on any atom is -0.497 e. The predicted octanol–water partition coefficient (Wildman–Crippen LogP) is 1.94. The number of benzene rings is 2. The number of nitrogens with one attached hydrogen (secondary N) is 2. The van der Waals surface area contributed by atoms with Gasteiger partial charge in [0.15, 0.2) is 0 Å². The van der Waals surface area contributed by atoms with Crippen LogP contribution < -0.4 is 15.0 Å². The highest BCUT2D eigenvalue weighted by molar-refractivity contribution is 5.90. The van der Waals surface area contributed by atoms with E-state index in [0.29, 0.717) is 0 Å². The predicted molar refractivity (Wildman–Crippen MR) is 99.2 cm³/mol. The molecule has 2 N–H and O–H groups in total. The number of para-hydroxylation sites is 1. The molecule has 2 aromatic rings. The van der Waals surface area contributed by atoms with Crippen LogP contribution in [0.4, 0.5) is 10.5 Å². The molecule has 0 aromatic heterocycles. The Bertz CT molecular complexity index is 724. The first-order valence-corrected chi connectivity index (χ1v) is 8.74. The maximum Gasteiger partial charge on any atom is 0.322 e. The lowest BCUT2D eigenvalue weighted by atomic mass is 10.2. The fraction of sp³-hybridized carbons (Fsp3) is 0.350. The topological polar surface area (TPSA) is 46.0 Å². The molecule has 2 aromatic carbocycles. The van der Waals surface area contributed by atoms with Crippen molar-refractivity contribution in [1.29, 1.82) is 0 Å². The van der Waals surface area contributed by atoms with Crippen LogP contribution in [-0.4, -0.2) is 44.2 Å². The number of aryl methyl sites for hydroxylation is 1. The van der Waals surface area contributed by atoms with E-state index < -0.39 is 0 Å². The van der Waals surface area contributed by atoms with E-state index in [9.17, 15) is 4.79 Å².